The normalized spacial score (nSPS) is 17.7. The summed E-state index contributed by atoms with van der Waals surface area (Å²) in [6, 6.07) is 8.43. The highest BCUT2D eigenvalue weighted by Crippen LogP contribution is 2.22. The maximum atomic E-state index is 12.4. The molecule has 0 unspecified atom stereocenters. The van der Waals surface area contributed by atoms with E-state index < -0.39 is 0 Å². The molecule has 1 aromatic heterocycles. The van der Waals surface area contributed by atoms with Crippen LogP contribution in [0, 0.1) is 0 Å². The van der Waals surface area contributed by atoms with Crippen LogP contribution in [0.15, 0.2) is 34.9 Å². The van der Waals surface area contributed by atoms with Gasteiger partial charge in [-0.2, -0.15) is 0 Å². The predicted molar refractivity (Wildman–Crippen MR) is 99.1 cm³/mol. The first-order chi connectivity index (χ1) is 12.8. The van der Waals surface area contributed by atoms with Crippen molar-refractivity contribution in [2.45, 2.75) is 38.8 Å². The molecular weight excluding hydrogens is 328 g/mol. The Kier molecular flexibility index (Phi) is 5.37. The van der Waals surface area contributed by atoms with Crippen LogP contribution in [0.2, 0.25) is 0 Å². The van der Waals surface area contributed by atoms with Crippen molar-refractivity contribution in [2.24, 2.45) is 0 Å². The van der Waals surface area contributed by atoms with Gasteiger partial charge in [-0.15, -0.1) is 0 Å². The molecule has 1 amide bonds. The van der Waals surface area contributed by atoms with Crippen molar-refractivity contribution in [1.29, 1.82) is 0 Å². The summed E-state index contributed by atoms with van der Waals surface area (Å²) in [6.45, 7) is 4.60. The second-order valence-corrected chi connectivity index (χ2v) is 7.18. The number of ether oxygens (including phenoxy) is 1. The zero-order valence-electron chi connectivity index (χ0n) is 15.1. The highest BCUT2D eigenvalue weighted by Gasteiger charge is 2.15. The quantitative estimate of drug-likeness (QED) is 0.897. The summed E-state index contributed by atoms with van der Waals surface area (Å²) in [7, 11) is 0. The zero-order valence-corrected chi connectivity index (χ0v) is 15.1. The summed E-state index contributed by atoms with van der Waals surface area (Å²) >= 11 is 0. The van der Waals surface area contributed by atoms with Crippen molar-refractivity contribution in [3.8, 4) is 0 Å². The molecule has 2 aliphatic rings. The van der Waals surface area contributed by atoms with Gasteiger partial charge >= 0.3 is 0 Å². The van der Waals surface area contributed by atoms with Gasteiger partial charge in [-0.3, -0.25) is 9.69 Å². The summed E-state index contributed by atoms with van der Waals surface area (Å²) in [4.78, 5) is 14.7. The minimum atomic E-state index is -0.0836. The Morgan fingerprint density at radius 3 is 2.73 bits per heavy atom. The van der Waals surface area contributed by atoms with Crippen molar-refractivity contribution in [1.82, 2.24) is 10.2 Å². The third-order valence-electron chi connectivity index (χ3n) is 5.27. The minimum Gasteiger partial charge on any atom is -0.467 e. The topological polar surface area (TPSA) is 54.7 Å². The number of morpholine rings is 1. The average molecular weight is 354 g/mol. The van der Waals surface area contributed by atoms with Gasteiger partial charge in [-0.05, 0) is 48.4 Å². The number of hydrogen-bond donors (Lipinski definition) is 1. The van der Waals surface area contributed by atoms with E-state index in [1.165, 1.54) is 30.4 Å². The van der Waals surface area contributed by atoms with E-state index in [-0.39, 0.29) is 5.91 Å². The molecule has 4 rings (SSSR count). The van der Waals surface area contributed by atoms with E-state index in [1.807, 2.05) is 6.07 Å². The van der Waals surface area contributed by atoms with Gasteiger partial charge in [0, 0.05) is 19.6 Å². The summed E-state index contributed by atoms with van der Waals surface area (Å²) in [5, 5.41) is 3.01. The number of amides is 1. The van der Waals surface area contributed by atoms with E-state index in [1.54, 1.807) is 6.26 Å². The van der Waals surface area contributed by atoms with E-state index in [0.29, 0.717) is 12.1 Å². The molecule has 1 aliphatic carbocycles. The number of nitrogens with zero attached hydrogens (tertiary/aromatic N) is 1. The first kappa shape index (κ1) is 17.3. The molecule has 1 saturated heterocycles. The molecule has 26 heavy (non-hydrogen) atoms. The second kappa shape index (κ2) is 8.06. The highest BCUT2D eigenvalue weighted by atomic mass is 16.5. The lowest BCUT2D eigenvalue weighted by Gasteiger charge is -2.25. The lowest BCUT2D eigenvalue weighted by atomic mass is 9.90. The molecule has 138 valence electrons. The van der Waals surface area contributed by atoms with Gasteiger partial charge < -0.3 is 14.5 Å². The fraction of sp³-hybridized carbons (Fsp3) is 0.476. The van der Waals surface area contributed by atoms with Gasteiger partial charge in [0.05, 0.1) is 25.3 Å². The maximum Gasteiger partial charge on any atom is 0.254 e. The Morgan fingerprint density at radius 1 is 1.08 bits per heavy atom. The molecule has 0 atom stereocenters. The molecule has 0 spiro atoms. The van der Waals surface area contributed by atoms with Crippen LogP contribution in [0.4, 0.5) is 0 Å². The van der Waals surface area contributed by atoms with Crippen molar-refractivity contribution >= 4 is 5.91 Å². The fourth-order valence-electron chi connectivity index (χ4n) is 3.74. The van der Waals surface area contributed by atoms with Crippen molar-refractivity contribution in [3.05, 3.63) is 58.5 Å². The molecule has 5 nitrogen and oxygen atoms in total. The molecule has 0 bridgehead atoms. The first-order valence-corrected chi connectivity index (χ1v) is 9.54. The number of nitrogens with one attached hydrogen (secondary N) is 1. The lowest BCUT2D eigenvalue weighted by Crippen LogP contribution is -2.35. The molecule has 2 aromatic rings. The van der Waals surface area contributed by atoms with Gasteiger partial charge in [0.15, 0.2) is 0 Å². The van der Waals surface area contributed by atoms with Gasteiger partial charge in [0.25, 0.3) is 5.91 Å². The molecule has 1 N–H and O–H groups in total. The molecule has 1 aromatic carbocycles. The van der Waals surface area contributed by atoms with Gasteiger partial charge in [0.2, 0.25) is 0 Å². The van der Waals surface area contributed by atoms with Crippen LogP contribution >= 0.6 is 0 Å². The van der Waals surface area contributed by atoms with Crippen LogP contribution in [0.1, 0.15) is 45.7 Å². The lowest BCUT2D eigenvalue weighted by molar-refractivity contribution is 0.0313. The molecule has 0 saturated carbocycles. The number of benzene rings is 1. The van der Waals surface area contributed by atoms with Crippen molar-refractivity contribution in [3.63, 3.8) is 0 Å². The van der Waals surface area contributed by atoms with Gasteiger partial charge in [0.1, 0.15) is 12.0 Å². The molecule has 2 heterocycles. The smallest absolute Gasteiger partial charge is 0.254 e. The van der Waals surface area contributed by atoms with Crippen LogP contribution in [0.5, 0.6) is 0 Å². The number of fused-ring (bicyclic) bond motifs is 1. The van der Waals surface area contributed by atoms with Gasteiger partial charge in [-0.1, -0.05) is 18.2 Å². The number of hydrogen-bond acceptors (Lipinski definition) is 4. The third kappa shape index (κ3) is 4.17. The predicted octanol–water partition coefficient (Wildman–Crippen LogP) is 2.92. The average Bonchev–Trinajstić information content (AvgIpc) is 3.15. The van der Waals surface area contributed by atoms with Crippen LogP contribution < -0.4 is 5.32 Å². The molecule has 5 heteroatoms. The number of carbonyl (C=O) groups is 1. The number of rotatable bonds is 5. The van der Waals surface area contributed by atoms with Crippen LogP contribution in [0.3, 0.4) is 0 Å². The van der Waals surface area contributed by atoms with E-state index in [0.717, 1.165) is 50.6 Å². The molecule has 1 aliphatic heterocycles. The van der Waals surface area contributed by atoms with Gasteiger partial charge in [-0.25, -0.2) is 0 Å². The minimum absolute atomic E-state index is 0.0836. The van der Waals surface area contributed by atoms with E-state index >= 15 is 0 Å². The molecular formula is C21H26N2O3. The largest absolute Gasteiger partial charge is 0.467 e. The van der Waals surface area contributed by atoms with E-state index in [2.05, 4.69) is 28.4 Å². The second-order valence-electron chi connectivity index (χ2n) is 7.18. The first-order valence-electron chi connectivity index (χ1n) is 9.54. The Morgan fingerprint density at radius 2 is 1.88 bits per heavy atom. The number of carbonyl (C=O) groups excluding carboxylic acids is 1. The van der Waals surface area contributed by atoms with E-state index in [4.69, 9.17) is 9.15 Å². The Balaban J connectivity index is 1.32. The summed E-state index contributed by atoms with van der Waals surface area (Å²) in [5.41, 5.74) is 4.66. The number of furan rings is 1. The SMILES string of the molecule is O=C(NCc1ccc2c(c1)CCCC2)c1coc(CN2CCOCC2)c1. The third-order valence-corrected chi connectivity index (χ3v) is 5.27. The van der Waals surface area contributed by atoms with Crippen molar-refractivity contribution in [2.75, 3.05) is 26.3 Å². The molecule has 0 radical (unpaired) electrons. The monoisotopic (exact) mass is 354 g/mol. The Labute approximate surface area is 154 Å². The van der Waals surface area contributed by atoms with Crippen molar-refractivity contribution < 1.29 is 13.9 Å². The number of aryl methyl sites for hydroxylation is 2. The van der Waals surface area contributed by atoms with Crippen LogP contribution in [0.25, 0.3) is 0 Å². The maximum absolute atomic E-state index is 12.4. The van der Waals surface area contributed by atoms with E-state index in [9.17, 15) is 4.79 Å². The fourth-order valence-corrected chi connectivity index (χ4v) is 3.74. The highest BCUT2D eigenvalue weighted by molar-refractivity contribution is 5.93. The van der Waals surface area contributed by atoms with Crippen LogP contribution in [-0.2, 0) is 30.7 Å². The Hall–Kier alpha value is -2.11. The summed E-state index contributed by atoms with van der Waals surface area (Å²) in [5.74, 6) is 0.741. The standard InChI is InChI=1S/C21H26N2O3/c24-21(19-12-20(26-15-19)14-23-7-9-25-10-8-23)22-13-16-5-6-17-3-1-2-4-18(17)11-16/h5-6,11-12,15H,1-4,7-10,13-14H2,(H,22,24). The summed E-state index contributed by atoms with van der Waals surface area (Å²) in [6.07, 6.45) is 6.45. The molecule has 1 fully saturated rings. The Bertz CT molecular complexity index is 762. The summed E-state index contributed by atoms with van der Waals surface area (Å²) < 4.78 is 10.9. The zero-order chi connectivity index (χ0) is 17.8. The van der Waals surface area contributed by atoms with Crippen LogP contribution in [-0.4, -0.2) is 37.1 Å².